The van der Waals surface area contributed by atoms with E-state index in [0.717, 1.165) is 4.90 Å². The summed E-state index contributed by atoms with van der Waals surface area (Å²) in [5.41, 5.74) is -1.19. The molecule has 5 heteroatoms. The summed E-state index contributed by atoms with van der Waals surface area (Å²) < 4.78 is 0. The SMILES string of the molecule is CC1C(=O)N(C(C)(CO)CO)C(=O)C1C. The quantitative estimate of drug-likeness (QED) is 0.614. The number of carbonyl (C=O) groups excluding carboxylic acids is 2. The van der Waals surface area contributed by atoms with Crippen molar-refractivity contribution in [1.29, 1.82) is 0 Å². The van der Waals surface area contributed by atoms with Crippen molar-refractivity contribution in [3.8, 4) is 0 Å². The van der Waals surface area contributed by atoms with Crippen molar-refractivity contribution >= 4 is 11.8 Å². The van der Waals surface area contributed by atoms with Crippen molar-refractivity contribution < 1.29 is 19.8 Å². The fraction of sp³-hybridized carbons (Fsp3) is 0.800. The lowest BCUT2D eigenvalue weighted by Crippen LogP contribution is -2.55. The van der Waals surface area contributed by atoms with E-state index in [0.29, 0.717) is 0 Å². The molecule has 86 valence electrons. The maximum absolute atomic E-state index is 11.8. The third-order valence-electron chi connectivity index (χ3n) is 3.19. The van der Waals surface area contributed by atoms with Crippen molar-refractivity contribution in [2.24, 2.45) is 11.8 Å². The maximum atomic E-state index is 11.8. The zero-order chi connectivity index (χ0) is 11.8. The number of carbonyl (C=O) groups is 2. The Bertz CT molecular complexity index is 265. The molecule has 0 bridgehead atoms. The number of imide groups is 1. The summed E-state index contributed by atoms with van der Waals surface area (Å²) in [7, 11) is 0. The molecular formula is C10H17NO4. The van der Waals surface area contributed by atoms with E-state index in [1.54, 1.807) is 13.8 Å². The Morgan fingerprint density at radius 1 is 1.13 bits per heavy atom. The first kappa shape index (κ1) is 12.1. The predicted molar refractivity (Wildman–Crippen MR) is 52.8 cm³/mol. The lowest BCUT2D eigenvalue weighted by Gasteiger charge is -2.34. The summed E-state index contributed by atoms with van der Waals surface area (Å²) >= 11 is 0. The van der Waals surface area contributed by atoms with Crippen LogP contribution in [0.25, 0.3) is 0 Å². The zero-order valence-corrected chi connectivity index (χ0v) is 9.23. The molecule has 1 saturated heterocycles. The van der Waals surface area contributed by atoms with Crippen molar-refractivity contribution in [2.45, 2.75) is 26.3 Å². The molecule has 0 aromatic heterocycles. The molecule has 2 amide bonds. The van der Waals surface area contributed by atoms with Gasteiger partial charge in [-0.25, -0.2) is 0 Å². The van der Waals surface area contributed by atoms with Gasteiger partial charge in [-0.2, -0.15) is 0 Å². The van der Waals surface area contributed by atoms with Gasteiger partial charge >= 0.3 is 0 Å². The van der Waals surface area contributed by atoms with E-state index in [2.05, 4.69) is 0 Å². The van der Waals surface area contributed by atoms with Crippen LogP contribution in [0, 0.1) is 11.8 Å². The van der Waals surface area contributed by atoms with Gasteiger partial charge in [0.15, 0.2) is 0 Å². The fourth-order valence-corrected chi connectivity index (χ4v) is 1.67. The first-order chi connectivity index (χ1) is 6.89. The molecule has 2 N–H and O–H groups in total. The number of aliphatic hydroxyl groups excluding tert-OH is 2. The minimum atomic E-state index is -1.19. The van der Waals surface area contributed by atoms with E-state index in [1.165, 1.54) is 6.92 Å². The summed E-state index contributed by atoms with van der Waals surface area (Å²) in [6.07, 6.45) is 0. The average molecular weight is 215 g/mol. The first-order valence-electron chi connectivity index (χ1n) is 4.98. The van der Waals surface area contributed by atoms with Crippen LogP contribution in [0.2, 0.25) is 0 Å². The highest BCUT2D eigenvalue weighted by atomic mass is 16.3. The molecule has 1 rings (SSSR count). The highest BCUT2D eigenvalue weighted by Gasteiger charge is 2.50. The van der Waals surface area contributed by atoms with Crippen LogP contribution in [0.4, 0.5) is 0 Å². The van der Waals surface area contributed by atoms with Gasteiger partial charge in [-0.1, -0.05) is 13.8 Å². The molecule has 5 nitrogen and oxygen atoms in total. The van der Waals surface area contributed by atoms with Gasteiger partial charge < -0.3 is 10.2 Å². The standard InChI is InChI=1S/C10H17NO4/c1-6-7(2)9(15)11(8(6)14)10(3,4-12)5-13/h6-7,12-13H,4-5H2,1-3H3. The lowest BCUT2D eigenvalue weighted by molar-refractivity contribution is -0.150. The van der Waals surface area contributed by atoms with Gasteiger partial charge in [0.2, 0.25) is 11.8 Å². The monoisotopic (exact) mass is 215 g/mol. The third kappa shape index (κ3) is 1.66. The molecule has 2 atom stereocenters. The van der Waals surface area contributed by atoms with E-state index >= 15 is 0 Å². The molecule has 2 unspecified atom stereocenters. The summed E-state index contributed by atoms with van der Waals surface area (Å²) in [5, 5.41) is 18.3. The van der Waals surface area contributed by atoms with Crippen LogP contribution >= 0.6 is 0 Å². The molecule has 0 aliphatic carbocycles. The minimum Gasteiger partial charge on any atom is -0.394 e. The Labute approximate surface area is 88.7 Å². The molecule has 0 aromatic rings. The van der Waals surface area contributed by atoms with Gasteiger partial charge in [0, 0.05) is 11.8 Å². The topological polar surface area (TPSA) is 77.8 Å². The van der Waals surface area contributed by atoms with E-state index < -0.39 is 18.8 Å². The second-order valence-corrected chi connectivity index (χ2v) is 4.40. The Morgan fingerprint density at radius 2 is 1.47 bits per heavy atom. The molecule has 0 spiro atoms. The largest absolute Gasteiger partial charge is 0.394 e. The van der Waals surface area contributed by atoms with Crippen molar-refractivity contribution in [3.63, 3.8) is 0 Å². The highest BCUT2D eigenvalue weighted by molar-refractivity contribution is 6.05. The summed E-state index contributed by atoms with van der Waals surface area (Å²) in [6, 6.07) is 0. The molecule has 0 aromatic carbocycles. The Hall–Kier alpha value is -0.940. The molecule has 1 heterocycles. The third-order valence-corrected chi connectivity index (χ3v) is 3.19. The van der Waals surface area contributed by atoms with Gasteiger partial charge in [0.25, 0.3) is 0 Å². The second-order valence-electron chi connectivity index (χ2n) is 4.40. The van der Waals surface area contributed by atoms with Gasteiger partial charge in [0.05, 0.1) is 18.8 Å². The van der Waals surface area contributed by atoms with Crippen LogP contribution in [0.1, 0.15) is 20.8 Å². The van der Waals surface area contributed by atoms with Crippen LogP contribution in [-0.4, -0.2) is 45.7 Å². The number of hydrogen-bond acceptors (Lipinski definition) is 4. The molecule has 1 aliphatic heterocycles. The van der Waals surface area contributed by atoms with Crippen molar-refractivity contribution in [1.82, 2.24) is 4.90 Å². The van der Waals surface area contributed by atoms with Crippen LogP contribution in [0.5, 0.6) is 0 Å². The van der Waals surface area contributed by atoms with Gasteiger partial charge in [-0.05, 0) is 6.92 Å². The van der Waals surface area contributed by atoms with E-state index in [-0.39, 0.29) is 23.7 Å². The number of likely N-dealkylation sites (tertiary alicyclic amines) is 1. The number of rotatable bonds is 3. The Kier molecular flexibility index (Phi) is 3.16. The number of nitrogens with zero attached hydrogens (tertiary/aromatic N) is 1. The fourth-order valence-electron chi connectivity index (χ4n) is 1.67. The molecule has 1 aliphatic rings. The lowest BCUT2D eigenvalue weighted by atomic mass is 10.00. The van der Waals surface area contributed by atoms with Crippen molar-refractivity contribution in [3.05, 3.63) is 0 Å². The smallest absolute Gasteiger partial charge is 0.233 e. The molecule has 1 fully saturated rings. The summed E-state index contributed by atoms with van der Waals surface area (Å²) in [4.78, 5) is 24.5. The van der Waals surface area contributed by atoms with E-state index in [1.807, 2.05) is 0 Å². The second kappa shape index (κ2) is 3.90. The van der Waals surface area contributed by atoms with Crippen LogP contribution in [0.15, 0.2) is 0 Å². The molecule has 0 radical (unpaired) electrons. The van der Waals surface area contributed by atoms with Gasteiger partial charge in [-0.15, -0.1) is 0 Å². The number of amides is 2. The Balaban J connectivity index is 3.06. The van der Waals surface area contributed by atoms with Crippen LogP contribution in [-0.2, 0) is 9.59 Å². The first-order valence-corrected chi connectivity index (χ1v) is 4.98. The molecule has 0 saturated carbocycles. The van der Waals surface area contributed by atoms with E-state index in [4.69, 9.17) is 10.2 Å². The Morgan fingerprint density at radius 3 is 1.73 bits per heavy atom. The number of aliphatic hydroxyl groups is 2. The highest BCUT2D eigenvalue weighted by Crippen LogP contribution is 2.31. The van der Waals surface area contributed by atoms with Gasteiger partial charge in [-0.3, -0.25) is 14.5 Å². The molecular weight excluding hydrogens is 198 g/mol. The zero-order valence-electron chi connectivity index (χ0n) is 9.23. The summed E-state index contributed by atoms with van der Waals surface area (Å²) in [5.74, 6) is -1.40. The van der Waals surface area contributed by atoms with Crippen LogP contribution in [0.3, 0.4) is 0 Å². The van der Waals surface area contributed by atoms with Crippen molar-refractivity contribution in [2.75, 3.05) is 13.2 Å². The average Bonchev–Trinajstić information content (AvgIpc) is 2.43. The van der Waals surface area contributed by atoms with E-state index in [9.17, 15) is 9.59 Å². The number of hydrogen-bond donors (Lipinski definition) is 2. The predicted octanol–water partition coefficient (Wildman–Crippen LogP) is -0.629. The normalized spacial score (nSPS) is 27.7. The summed E-state index contributed by atoms with van der Waals surface area (Å²) in [6.45, 7) is 3.99. The minimum absolute atomic E-state index is 0.321. The maximum Gasteiger partial charge on any atom is 0.233 e. The van der Waals surface area contributed by atoms with Gasteiger partial charge in [0.1, 0.15) is 0 Å². The van der Waals surface area contributed by atoms with Crippen LogP contribution < -0.4 is 0 Å². The molecule has 15 heavy (non-hydrogen) atoms.